The maximum absolute atomic E-state index is 12.6. The number of carbonyl (C=O) groups excluding carboxylic acids is 1. The van der Waals surface area contributed by atoms with Crippen molar-refractivity contribution in [2.24, 2.45) is 28.6 Å². The average Bonchev–Trinajstić information content (AvgIpc) is 3.35. The van der Waals surface area contributed by atoms with Gasteiger partial charge in [0, 0.05) is 5.41 Å². The summed E-state index contributed by atoms with van der Waals surface area (Å²) in [5, 5.41) is 38.6. The van der Waals surface area contributed by atoms with Crippen molar-refractivity contribution in [2.75, 3.05) is 6.61 Å². The molecule has 1 aromatic carbocycles. The minimum atomic E-state index is -1.55. The zero-order valence-electron chi connectivity index (χ0n) is 21.2. The summed E-state index contributed by atoms with van der Waals surface area (Å²) >= 11 is 0. The van der Waals surface area contributed by atoms with Crippen LogP contribution in [0.3, 0.4) is 0 Å². The van der Waals surface area contributed by atoms with Gasteiger partial charge in [-0.15, -0.1) is 9.24 Å². The molecule has 4 aliphatic carbocycles. The predicted molar refractivity (Wildman–Crippen MR) is 142 cm³/mol. The lowest BCUT2D eigenvalue weighted by molar-refractivity contribution is -0.181. The number of nitrogens with zero attached hydrogens (tertiary/aromatic N) is 2. The third-order valence-electron chi connectivity index (χ3n) is 10.6. The van der Waals surface area contributed by atoms with Crippen LogP contribution < -0.4 is 5.30 Å². The van der Waals surface area contributed by atoms with Gasteiger partial charge in [0.2, 0.25) is 0 Å². The van der Waals surface area contributed by atoms with Gasteiger partial charge in [0.25, 0.3) is 0 Å². The third-order valence-corrected chi connectivity index (χ3v) is 11.0. The Morgan fingerprint density at radius 3 is 2.69 bits per heavy atom. The maximum atomic E-state index is 12.6. The van der Waals surface area contributed by atoms with Crippen LogP contribution in [0.4, 0.5) is 0 Å². The summed E-state index contributed by atoms with van der Waals surface area (Å²) in [6, 6.07) is 8.48. The largest absolute Gasteiger partial charge is 0.393 e. The fraction of sp³-hybridized carbons (Fsp3) is 0.586. The molecular formula is C29H37N2O4P. The van der Waals surface area contributed by atoms with E-state index in [1.807, 2.05) is 13.1 Å². The highest BCUT2D eigenvalue weighted by atomic mass is 31.0. The monoisotopic (exact) mass is 508 g/mol. The highest BCUT2D eigenvalue weighted by Gasteiger charge is 2.68. The van der Waals surface area contributed by atoms with E-state index in [4.69, 9.17) is 5.10 Å². The van der Waals surface area contributed by atoms with Gasteiger partial charge in [0.05, 0.1) is 24.5 Å². The molecule has 0 bridgehead atoms. The Hall–Kier alpha value is -1.85. The zero-order valence-corrected chi connectivity index (χ0v) is 22.3. The van der Waals surface area contributed by atoms with E-state index in [0.717, 1.165) is 32.2 Å². The summed E-state index contributed by atoms with van der Waals surface area (Å²) < 4.78 is 2.10. The SMILES string of the molecule is C[C@]12Cc3cnn(Cc4ccc(P)cc4)c3C=C1CC[C@@H]1[C@@H]2[C@@H](O)C[C@@]2(C)[C@H]1CC[C@]2(O)C(=O)CO. The topological polar surface area (TPSA) is 95.6 Å². The molecule has 6 rings (SSSR count). The molecule has 0 aliphatic heterocycles. The van der Waals surface area contributed by atoms with E-state index >= 15 is 0 Å². The van der Waals surface area contributed by atoms with E-state index in [9.17, 15) is 20.1 Å². The van der Waals surface area contributed by atoms with E-state index < -0.39 is 29.5 Å². The van der Waals surface area contributed by atoms with Crippen LogP contribution >= 0.6 is 9.24 Å². The molecule has 3 N–H and O–H groups in total. The lowest BCUT2D eigenvalue weighted by Crippen LogP contribution is -2.62. The van der Waals surface area contributed by atoms with Crippen molar-refractivity contribution >= 4 is 26.4 Å². The van der Waals surface area contributed by atoms with Gasteiger partial charge in [-0.2, -0.15) is 5.10 Å². The number of Topliss-reactive ketones (excluding diaryl/α,β-unsaturated/α-hetero) is 1. The molecule has 4 aliphatic rings. The van der Waals surface area contributed by atoms with Crippen LogP contribution in [0.1, 0.15) is 62.8 Å². The van der Waals surface area contributed by atoms with E-state index in [-0.39, 0.29) is 23.2 Å². The number of allylic oxidation sites excluding steroid dienone is 1. The Kier molecular flexibility index (Phi) is 5.66. The van der Waals surface area contributed by atoms with Crippen molar-refractivity contribution in [2.45, 2.75) is 70.6 Å². The molecule has 192 valence electrons. The Balaban J connectivity index is 1.32. The maximum Gasteiger partial charge on any atom is 0.190 e. The van der Waals surface area contributed by atoms with Gasteiger partial charge >= 0.3 is 0 Å². The van der Waals surface area contributed by atoms with Gasteiger partial charge in [-0.05, 0) is 84.2 Å². The number of aliphatic hydroxyl groups is 3. The van der Waals surface area contributed by atoms with Crippen LogP contribution in [0.5, 0.6) is 0 Å². The summed E-state index contributed by atoms with van der Waals surface area (Å²) in [6.45, 7) is 4.35. The number of benzene rings is 1. The van der Waals surface area contributed by atoms with E-state index in [0.29, 0.717) is 12.8 Å². The second-order valence-electron chi connectivity index (χ2n) is 12.2. The molecule has 0 amide bonds. The van der Waals surface area contributed by atoms with Gasteiger partial charge in [-0.3, -0.25) is 9.48 Å². The quantitative estimate of drug-likeness (QED) is 0.552. The number of hydrogen-bond acceptors (Lipinski definition) is 5. The number of rotatable bonds is 4. The summed E-state index contributed by atoms with van der Waals surface area (Å²) in [5.41, 5.74) is 2.58. The Labute approximate surface area is 215 Å². The lowest BCUT2D eigenvalue weighted by atomic mass is 9.45. The molecule has 6 nitrogen and oxygen atoms in total. The van der Waals surface area contributed by atoms with Crippen molar-refractivity contribution < 1.29 is 20.1 Å². The van der Waals surface area contributed by atoms with Gasteiger partial charge in [-0.25, -0.2) is 0 Å². The smallest absolute Gasteiger partial charge is 0.190 e. The molecule has 3 saturated carbocycles. The standard InChI is InChI=1S/C29H37N2O4P/c1-27-12-18-14-30-31(15-17-3-6-20(36)7-4-17)23(18)11-19(27)5-8-21-22-9-10-29(35,25(34)16-32)28(22,2)13-24(33)26(21)27/h3-4,6-7,11,14,21-22,24,26,32-33,35H,5,8-10,12-13,15-16,36H2,1-2H3/t21-,22-,24-,26+,27-,28-,29-/m0/s1. The summed E-state index contributed by atoms with van der Waals surface area (Å²) in [6.07, 6.45) is 7.99. The molecule has 0 spiro atoms. The minimum Gasteiger partial charge on any atom is -0.393 e. The average molecular weight is 509 g/mol. The van der Waals surface area contributed by atoms with Gasteiger partial charge < -0.3 is 15.3 Å². The van der Waals surface area contributed by atoms with Crippen LogP contribution in [-0.2, 0) is 17.8 Å². The van der Waals surface area contributed by atoms with Crippen LogP contribution in [0.2, 0.25) is 0 Å². The van der Waals surface area contributed by atoms with Gasteiger partial charge in [0.15, 0.2) is 5.78 Å². The molecule has 0 saturated heterocycles. The Morgan fingerprint density at radius 2 is 1.97 bits per heavy atom. The molecule has 1 heterocycles. The van der Waals surface area contributed by atoms with Crippen LogP contribution in [0.15, 0.2) is 36.0 Å². The molecule has 3 fully saturated rings. The second-order valence-corrected chi connectivity index (χ2v) is 12.9. The third kappa shape index (κ3) is 3.31. The van der Waals surface area contributed by atoms with Crippen molar-refractivity contribution in [3.63, 3.8) is 0 Å². The molecule has 8 atom stereocenters. The molecule has 1 aromatic heterocycles. The van der Waals surface area contributed by atoms with Crippen molar-refractivity contribution in [3.8, 4) is 0 Å². The van der Waals surface area contributed by atoms with Crippen molar-refractivity contribution in [1.82, 2.24) is 9.78 Å². The lowest BCUT2D eigenvalue weighted by Gasteiger charge is -2.60. The Morgan fingerprint density at radius 1 is 1.22 bits per heavy atom. The van der Waals surface area contributed by atoms with Crippen LogP contribution in [0.25, 0.3) is 6.08 Å². The molecule has 0 radical (unpaired) electrons. The fourth-order valence-corrected chi connectivity index (χ4v) is 8.95. The summed E-state index contributed by atoms with van der Waals surface area (Å²) in [4.78, 5) is 12.6. The Bertz CT molecular complexity index is 1240. The van der Waals surface area contributed by atoms with E-state index in [1.54, 1.807) is 0 Å². The number of aromatic nitrogens is 2. The van der Waals surface area contributed by atoms with Crippen molar-refractivity contribution in [3.05, 3.63) is 52.9 Å². The highest BCUT2D eigenvalue weighted by Crippen LogP contribution is 2.67. The van der Waals surface area contributed by atoms with E-state index in [1.165, 1.54) is 27.7 Å². The molecular weight excluding hydrogens is 471 g/mol. The number of carbonyl (C=O) groups is 1. The molecule has 36 heavy (non-hydrogen) atoms. The van der Waals surface area contributed by atoms with E-state index in [2.05, 4.69) is 51.2 Å². The number of hydrogen-bond donors (Lipinski definition) is 3. The first kappa shape index (κ1) is 24.5. The number of fused-ring (bicyclic) bond motifs is 6. The van der Waals surface area contributed by atoms with Crippen molar-refractivity contribution in [1.29, 1.82) is 0 Å². The summed E-state index contributed by atoms with van der Waals surface area (Å²) in [7, 11) is 2.72. The first-order valence-electron chi connectivity index (χ1n) is 13.3. The number of ketones is 1. The normalized spacial score (nSPS) is 39.0. The van der Waals surface area contributed by atoms with Crippen LogP contribution in [0, 0.1) is 28.6 Å². The number of aliphatic hydroxyl groups excluding tert-OH is 2. The molecule has 7 heteroatoms. The second kappa shape index (κ2) is 8.33. The zero-order chi connectivity index (χ0) is 25.5. The van der Waals surface area contributed by atoms with Crippen LogP contribution in [-0.4, -0.2) is 49.2 Å². The highest BCUT2D eigenvalue weighted by molar-refractivity contribution is 7.27. The minimum absolute atomic E-state index is 0.0771. The fourth-order valence-electron chi connectivity index (χ4n) is 8.76. The predicted octanol–water partition coefficient (Wildman–Crippen LogP) is 2.88. The first-order chi connectivity index (χ1) is 17.1. The molecule has 1 unspecified atom stereocenters. The van der Waals surface area contributed by atoms with Gasteiger partial charge in [-0.1, -0.05) is 43.7 Å². The first-order valence-corrected chi connectivity index (χ1v) is 13.8. The summed E-state index contributed by atoms with van der Waals surface area (Å²) in [5.74, 6) is -0.0203. The molecule has 2 aromatic rings. The van der Waals surface area contributed by atoms with Gasteiger partial charge in [0.1, 0.15) is 12.2 Å².